The number of carbonyl (C=O) groups excluding carboxylic acids is 1. The molecule has 0 saturated heterocycles. The summed E-state index contributed by atoms with van der Waals surface area (Å²) in [7, 11) is 0. The van der Waals surface area contributed by atoms with E-state index in [1.165, 1.54) is 6.33 Å². The lowest BCUT2D eigenvalue weighted by molar-refractivity contribution is 0.102. The van der Waals surface area contributed by atoms with Crippen LogP contribution in [0.2, 0.25) is 0 Å². The highest BCUT2D eigenvalue weighted by Gasteiger charge is 2.11. The van der Waals surface area contributed by atoms with E-state index in [-0.39, 0.29) is 18.3 Å². The monoisotopic (exact) mass is 413 g/mol. The molecule has 6 heteroatoms. The topological polar surface area (TPSA) is 54.9 Å². The second kappa shape index (κ2) is 7.17. The van der Waals surface area contributed by atoms with Gasteiger partial charge in [0, 0.05) is 15.4 Å². The molecule has 3 aromatic carbocycles. The van der Waals surface area contributed by atoms with Crippen LogP contribution in [0.15, 0.2) is 71.5 Å². The summed E-state index contributed by atoms with van der Waals surface area (Å²) in [5.41, 5.74) is 1.37. The number of hydrogen-bond donors (Lipinski definition) is 1. The first-order valence-electron chi connectivity index (χ1n) is 7.41. The summed E-state index contributed by atoms with van der Waals surface area (Å²) in [5, 5.41) is 5.89. The van der Waals surface area contributed by atoms with Crippen molar-refractivity contribution in [2.24, 2.45) is 0 Å². The van der Waals surface area contributed by atoms with Gasteiger partial charge in [-0.3, -0.25) is 4.79 Å². The van der Waals surface area contributed by atoms with Crippen LogP contribution in [0.4, 0.5) is 5.82 Å². The van der Waals surface area contributed by atoms with Crippen LogP contribution in [-0.4, -0.2) is 15.9 Å². The van der Waals surface area contributed by atoms with Gasteiger partial charge in [0.25, 0.3) is 5.91 Å². The number of nitrogens with one attached hydrogen (secondary N) is 1. The van der Waals surface area contributed by atoms with Gasteiger partial charge in [-0.05, 0) is 41.1 Å². The second-order valence-corrected chi connectivity index (χ2v) is 6.32. The predicted molar refractivity (Wildman–Crippen MR) is 106 cm³/mol. The van der Waals surface area contributed by atoms with Crippen LogP contribution in [0, 0.1) is 0 Å². The third-order valence-electron chi connectivity index (χ3n) is 3.82. The molecule has 0 aliphatic rings. The first kappa shape index (κ1) is 17.3. The van der Waals surface area contributed by atoms with Crippen molar-refractivity contribution in [2.75, 3.05) is 5.32 Å². The second-order valence-electron chi connectivity index (χ2n) is 5.40. The average molecular weight is 415 g/mol. The molecule has 1 N–H and O–H groups in total. The Kier molecular flexibility index (Phi) is 4.97. The number of aromatic nitrogens is 2. The molecule has 1 aromatic heterocycles. The number of fused-ring (bicyclic) bond motifs is 2. The van der Waals surface area contributed by atoms with E-state index >= 15 is 0 Å². The molecule has 0 atom stereocenters. The molecule has 0 fully saturated rings. The van der Waals surface area contributed by atoms with Gasteiger partial charge >= 0.3 is 0 Å². The fourth-order valence-electron chi connectivity index (χ4n) is 2.65. The van der Waals surface area contributed by atoms with Crippen LogP contribution in [0.1, 0.15) is 10.4 Å². The summed E-state index contributed by atoms with van der Waals surface area (Å²) in [6, 6.07) is 19.3. The maximum absolute atomic E-state index is 12.5. The quantitative estimate of drug-likeness (QED) is 0.458. The molecule has 4 rings (SSSR count). The van der Waals surface area contributed by atoms with Crippen molar-refractivity contribution >= 4 is 61.7 Å². The zero-order valence-corrected chi connectivity index (χ0v) is 15.3. The van der Waals surface area contributed by atoms with Crippen molar-refractivity contribution in [1.29, 1.82) is 0 Å². The summed E-state index contributed by atoms with van der Waals surface area (Å²) >= 11 is 3.38. The molecule has 1 amide bonds. The summed E-state index contributed by atoms with van der Waals surface area (Å²) < 4.78 is 0.855. The van der Waals surface area contributed by atoms with E-state index in [4.69, 9.17) is 0 Å². The fourth-order valence-corrected chi connectivity index (χ4v) is 3.05. The first-order valence-corrected chi connectivity index (χ1v) is 8.20. The lowest BCUT2D eigenvalue weighted by Gasteiger charge is -2.08. The van der Waals surface area contributed by atoms with Crippen LogP contribution >= 0.6 is 28.3 Å². The molecule has 1 heterocycles. The normalized spacial score (nSPS) is 10.4. The summed E-state index contributed by atoms with van der Waals surface area (Å²) in [6.45, 7) is 0. The molecule has 0 unspecified atom stereocenters. The van der Waals surface area contributed by atoms with Gasteiger partial charge in [0.05, 0.1) is 5.52 Å². The largest absolute Gasteiger partial charge is 0.306 e. The number of rotatable bonds is 2. The lowest BCUT2D eigenvalue weighted by Crippen LogP contribution is -2.13. The van der Waals surface area contributed by atoms with Gasteiger partial charge in [-0.2, -0.15) is 0 Å². The molecule has 4 aromatic rings. The number of anilines is 1. The molecular weight excluding hydrogens is 402 g/mol. The Morgan fingerprint density at radius 1 is 0.920 bits per heavy atom. The van der Waals surface area contributed by atoms with E-state index in [0.29, 0.717) is 11.4 Å². The van der Waals surface area contributed by atoms with Gasteiger partial charge in [-0.1, -0.05) is 46.3 Å². The van der Waals surface area contributed by atoms with Crippen LogP contribution < -0.4 is 5.32 Å². The van der Waals surface area contributed by atoms with Crippen molar-refractivity contribution in [3.63, 3.8) is 0 Å². The van der Waals surface area contributed by atoms with E-state index in [9.17, 15) is 4.79 Å². The van der Waals surface area contributed by atoms with Crippen LogP contribution in [0.5, 0.6) is 0 Å². The predicted octanol–water partition coefficient (Wildman–Crippen LogP) is 5.22. The van der Waals surface area contributed by atoms with Crippen molar-refractivity contribution in [2.45, 2.75) is 0 Å². The highest BCUT2D eigenvalue weighted by molar-refractivity contribution is 9.10. The average Bonchev–Trinajstić information content (AvgIpc) is 2.60. The van der Waals surface area contributed by atoms with Crippen molar-refractivity contribution in [3.8, 4) is 0 Å². The van der Waals surface area contributed by atoms with Crippen molar-refractivity contribution in [3.05, 3.63) is 77.0 Å². The molecule has 0 saturated carbocycles. The number of amides is 1. The highest BCUT2D eigenvalue weighted by Crippen LogP contribution is 2.26. The third kappa shape index (κ3) is 3.48. The van der Waals surface area contributed by atoms with Crippen LogP contribution in [-0.2, 0) is 0 Å². The summed E-state index contributed by atoms with van der Waals surface area (Å²) in [4.78, 5) is 21.0. The third-order valence-corrected chi connectivity index (χ3v) is 4.31. The zero-order chi connectivity index (χ0) is 16.5. The Morgan fingerprint density at radius 2 is 1.68 bits per heavy atom. The van der Waals surface area contributed by atoms with E-state index in [0.717, 1.165) is 26.1 Å². The molecule has 124 valence electrons. The molecular formula is C19H13BrClN3O. The number of hydrogen-bond acceptors (Lipinski definition) is 3. The van der Waals surface area contributed by atoms with E-state index in [1.807, 2.05) is 48.5 Å². The summed E-state index contributed by atoms with van der Waals surface area (Å²) in [5.74, 6) is 0.306. The molecule has 0 spiro atoms. The molecule has 0 aliphatic heterocycles. The first-order chi connectivity index (χ1) is 11.7. The lowest BCUT2D eigenvalue weighted by atomic mass is 10.1. The van der Waals surface area contributed by atoms with Gasteiger partial charge in [-0.15, -0.1) is 12.4 Å². The minimum atomic E-state index is -0.204. The van der Waals surface area contributed by atoms with Crippen LogP contribution in [0.25, 0.3) is 21.7 Å². The number of carbonyl (C=O) groups is 1. The van der Waals surface area contributed by atoms with E-state index in [2.05, 4.69) is 31.2 Å². The Morgan fingerprint density at radius 3 is 2.44 bits per heavy atom. The Balaban J connectivity index is 0.00000182. The summed E-state index contributed by atoms with van der Waals surface area (Å²) in [6.07, 6.45) is 1.47. The molecule has 0 aliphatic carbocycles. The number of benzene rings is 3. The standard InChI is InChI=1S/C19H12BrN3O.ClH/c20-15-7-3-6-14(8-15)19(24)23-18-16-9-12-4-1-2-5-13(12)10-17(16)21-11-22-18;/h1-11H,(H,21,22,23,24);1H. The van der Waals surface area contributed by atoms with Gasteiger partial charge in [0.1, 0.15) is 12.1 Å². The van der Waals surface area contributed by atoms with E-state index < -0.39 is 0 Å². The minimum Gasteiger partial charge on any atom is -0.306 e. The zero-order valence-electron chi connectivity index (χ0n) is 12.9. The maximum atomic E-state index is 12.5. The molecule has 4 nitrogen and oxygen atoms in total. The Bertz CT molecular complexity index is 1080. The van der Waals surface area contributed by atoms with Crippen molar-refractivity contribution < 1.29 is 4.79 Å². The molecule has 0 bridgehead atoms. The Hall–Kier alpha value is -2.50. The SMILES string of the molecule is Cl.O=C(Nc1ncnc2cc3ccccc3cc12)c1cccc(Br)c1. The van der Waals surface area contributed by atoms with Gasteiger partial charge in [-0.25, -0.2) is 9.97 Å². The molecule has 25 heavy (non-hydrogen) atoms. The smallest absolute Gasteiger partial charge is 0.256 e. The van der Waals surface area contributed by atoms with Crippen molar-refractivity contribution in [1.82, 2.24) is 9.97 Å². The van der Waals surface area contributed by atoms with Gasteiger partial charge < -0.3 is 5.32 Å². The molecule has 0 radical (unpaired) electrons. The maximum Gasteiger partial charge on any atom is 0.256 e. The fraction of sp³-hybridized carbons (Fsp3) is 0. The van der Waals surface area contributed by atoms with Gasteiger partial charge in [0.2, 0.25) is 0 Å². The Labute approximate surface area is 158 Å². The van der Waals surface area contributed by atoms with E-state index in [1.54, 1.807) is 12.1 Å². The number of nitrogens with zero attached hydrogens (tertiary/aromatic N) is 2. The highest BCUT2D eigenvalue weighted by atomic mass is 79.9. The van der Waals surface area contributed by atoms with Crippen LogP contribution in [0.3, 0.4) is 0 Å². The number of halogens is 2. The minimum absolute atomic E-state index is 0. The van der Waals surface area contributed by atoms with Gasteiger partial charge in [0.15, 0.2) is 0 Å².